The molecule has 1 aromatic carbocycles. The zero-order valence-electron chi connectivity index (χ0n) is 10.6. The quantitative estimate of drug-likeness (QED) is 0.897. The molecule has 1 aliphatic carbocycles. The summed E-state index contributed by atoms with van der Waals surface area (Å²) in [5.74, 6) is -1.21. The standard InChI is InChI=1S/C14H16BrNO3/c1-8-6-10(15)3-5-12(8)13(17)16-11-4-2-9(7-11)14(18)19/h3,5-6,9,11H,2,4,7H2,1H3,(H,16,17)(H,18,19)/t9-,11+/m0/s1. The van der Waals surface area contributed by atoms with Crippen molar-refractivity contribution < 1.29 is 14.7 Å². The summed E-state index contributed by atoms with van der Waals surface area (Å²) in [4.78, 5) is 23.0. The Morgan fingerprint density at radius 2 is 2.11 bits per heavy atom. The summed E-state index contributed by atoms with van der Waals surface area (Å²) in [6.45, 7) is 1.88. The average molecular weight is 326 g/mol. The Hall–Kier alpha value is -1.36. The predicted molar refractivity (Wildman–Crippen MR) is 75.1 cm³/mol. The molecule has 2 atom stereocenters. The van der Waals surface area contributed by atoms with E-state index in [4.69, 9.17) is 5.11 Å². The number of benzene rings is 1. The molecular formula is C14H16BrNO3. The van der Waals surface area contributed by atoms with E-state index in [0.717, 1.165) is 16.5 Å². The van der Waals surface area contributed by atoms with Crippen LogP contribution < -0.4 is 5.32 Å². The van der Waals surface area contributed by atoms with Crippen LogP contribution in [0.5, 0.6) is 0 Å². The number of aliphatic carboxylic acids is 1. The van der Waals surface area contributed by atoms with E-state index < -0.39 is 5.97 Å². The van der Waals surface area contributed by atoms with Crippen LogP contribution in [0.1, 0.15) is 35.2 Å². The van der Waals surface area contributed by atoms with Gasteiger partial charge in [0.15, 0.2) is 0 Å². The van der Waals surface area contributed by atoms with Crippen molar-refractivity contribution in [2.24, 2.45) is 5.92 Å². The number of hydrogen-bond acceptors (Lipinski definition) is 2. The van der Waals surface area contributed by atoms with Crippen molar-refractivity contribution in [3.8, 4) is 0 Å². The Kier molecular flexibility index (Phi) is 4.24. The largest absolute Gasteiger partial charge is 0.481 e. The zero-order chi connectivity index (χ0) is 14.0. The van der Waals surface area contributed by atoms with Crippen molar-refractivity contribution in [3.05, 3.63) is 33.8 Å². The molecule has 0 heterocycles. The van der Waals surface area contributed by atoms with Crippen LogP contribution in [0.2, 0.25) is 0 Å². The molecule has 1 fully saturated rings. The highest BCUT2D eigenvalue weighted by molar-refractivity contribution is 9.10. The third-order valence-electron chi connectivity index (χ3n) is 3.55. The Balaban J connectivity index is 2.00. The van der Waals surface area contributed by atoms with Crippen LogP contribution >= 0.6 is 15.9 Å². The summed E-state index contributed by atoms with van der Waals surface area (Å²) >= 11 is 3.36. The van der Waals surface area contributed by atoms with E-state index in [9.17, 15) is 9.59 Å². The summed E-state index contributed by atoms with van der Waals surface area (Å²) in [6, 6.07) is 5.47. The van der Waals surface area contributed by atoms with Crippen molar-refractivity contribution in [1.29, 1.82) is 0 Å². The van der Waals surface area contributed by atoms with E-state index in [2.05, 4.69) is 21.2 Å². The molecule has 0 spiro atoms. The van der Waals surface area contributed by atoms with Gasteiger partial charge >= 0.3 is 5.97 Å². The van der Waals surface area contributed by atoms with Crippen molar-refractivity contribution in [1.82, 2.24) is 5.32 Å². The number of carbonyl (C=O) groups is 2. The molecule has 0 radical (unpaired) electrons. The Morgan fingerprint density at radius 1 is 1.37 bits per heavy atom. The molecule has 2 N–H and O–H groups in total. The Morgan fingerprint density at radius 3 is 2.68 bits per heavy atom. The highest BCUT2D eigenvalue weighted by Gasteiger charge is 2.30. The maximum absolute atomic E-state index is 12.1. The van der Waals surface area contributed by atoms with E-state index in [1.54, 1.807) is 6.07 Å². The fourth-order valence-electron chi connectivity index (χ4n) is 2.48. The topological polar surface area (TPSA) is 66.4 Å². The molecule has 1 saturated carbocycles. The number of carbonyl (C=O) groups excluding carboxylic acids is 1. The SMILES string of the molecule is Cc1cc(Br)ccc1C(=O)N[C@@H]1CC[C@H](C(=O)O)C1. The number of hydrogen-bond donors (Lipinski definition) is 2. The maximum Gasteiger partial charge on any atom is 0.306 e. The molecular weight excluding hydrogens is 310 g/mol. The van der Waals surface area contributed by atoms with E-state index in [0.29, 0.717) is 18.4 Å². The molecule has 5 heteroatoms. The lowest BCUT2D eigenvalue weighted by molar-refractivity contribution is -0.141. The molecule has 0 aliphatic heterocycles. The van der Waals surface area contributed by atoms with Gasteiger partial charge in [0.2, 0.25) is 0 Å². The molecule has 1 aromatic rings. The molecule has 2 rings (SSSR count). The first-order valence-corrected chi connectivity index (χ1v) is 7.06. The van der Waals surface area contributed by atoms with Crippen LogP contribution in [0.25, 0.3) is 0 Å². The van der Waals surface area contributed by atoms with Gasteiger partial charge in [0.1, 0.15) is 0 Å². The Bertz CT molecular complexity index is 515. The number of carboxylic acids is 1. The molecule has 4 nitrogen and oxygen atoms in total. The monoisotopic (exact) mass is 325 g/mol. The van der Waals surface area contributed by atoms with Crippen LogP contribution in [0.15, 0.2) is 22.7 Å². The number of carboxylic acid groups (broad SMARTS) is 1. The normalized spacial score (nSPS) is 22.2. The first kappa shape index (κ1) is 14.1. The second kappa shape index (κ2) is 5.74. The van der Waals surface area contributed by atoms with Gasteiger partial charge in [-0.3, -0.25) is 9.59 Å². The van der Waals surface area contributed by atoms with Gasteiger partial charge in [-0.05, 0) is 49.9 Å². The highest BCUT2D eigenvalue weighted by Crippen LogP contribution is 2.26. The summed E-state index contributed by atoms with van der Waals surface area (Å²) in [5, 5.41) is 11.9. The first-order valence-electron chi connectivity index (χ1n) is 6.27. The minimum Gasteiger partial charge on any atom is -0.481 e. The summed E-state index contributed by atoms with van der Waals surface area (Å²) in [6.07, 6.45) is 1.90. The van der Waals surface area contributed by atoms with Crippen LogP contribution in [-0.2, 0) is 4.79 Å². The lowest BCUT2D eigenvalue weighted by atomic mass is 10.1. The van der Waals surface area contributed by atoms with Crippen LogP contribution in [-0.4, -0.2) is 23.0 Å². The van der Waals surface area contributed by atoms with Crippen molar-refractivity contribution in [3.63, 3.8) is 0 Å². The van der Waals surface area contributed by atoms with Gasteiger partial charge in [-0.1, -0.05) is 15.9 Å². The van der Waals surface area contributed by atoms with Crippen molar-refractivity contribution in [2.75, 3.05) is 0 Å². The zero-order valence-corrected chi connectivity index (χ0v) is 12.2. The first-order chi connectivity index (χ1) is 8.97. The van der Waals surface area contributed by atoms with Gasteiger partial charge in [-0.2, -0.15) is 0 Å². The number of aryl methyl sites for hydroxylation is 1. The van der Waals surface area contributed by atoms with E-state index >= 15 is 0 Å². The Labute approximate surface area is 120 Å². The smallest absolute Gasteiger partial charge is 0.306 e. The number of amides is 1. The number of rotatable bonds is 3. The molecule has 102 valence electrons. The fraction of sp³-hybridized carbons (Fsp3) is 0.429. The third-order valence-corrected chi connectivity index (χ3v) is 4.04. The van der Waals surface area contributed by atoms with Crippen LogP contribution in [0.4, 0.5) is 0 Å². The molecule has 0 saturated heterocycles. The molecule has 0 unspecified atom stereocenters. The number of nitrogens with one attached hydrogen (secondary N) is 1. The van der Waals surface area contributed by atoms with Gasteiger partial charge in [-0.25, -0.2) is 0 Å². The van der Waals surface area contributed by atoms with Gasteiger partial charge in [0, 0.05) is 16.1 Å². The number of halogens is 1. The van der Waals surface area contributed by atoms with Crippen molar-refractivity contribution >= 4 is 27.8 Å². The van der Waals surface area contributed by atoms with Crippen LogP contribution in [0, 0.1) is 12.8 Å². The minimum absolute atomic E-state index is 0.0309. The van der Waals surface area contributed by atoms with E-state index in [1.807, 2.05) is 19.1 Å². The van der Waals surface area contributed by atoms with Crippen LogP contribution in [0.3, 0.4) is 0 Å². The lowest BCUT2D eigenvalue weighted by Gasteiger charge is -2.13. The van der Waals surface area contributed by atoms with Gasteiger partial charge in [0.25, 0.3) is 5.91 Å². The second-order valence-corrected chi connectivity index (χ2v) is 5.89. The predicted octanol–water partition coefficient (Wildman–Crippen LogP) is 2.74. The van der Waals surface area contributed by atoms with E-state index in [-0.39, 0.29) is 17.9 Å². The molecule has 19 heavy (non-hydrogen) atoms. The average Bonchev–Trinajstić information content (AvgIpc) is 2.77. The highest BCUT2D eigenvalue weighted by atomic mass is 79.9. The summed E-state index contributed by atoms with van der Waals surface area (Å²) in [5.41, 5.74) is 1.54. The molecule has 1 amide bonds. The molecule has 1 aliphatic rings. The van der Waals surface area contributed by atoms with Gasteiger partial charge < -0.3 is 10.4 Å². The maximum atomic E-state index is 12.1. The summed E-state index contributed by atoms with van der Waals surface area (Å²) in [7, 11) is 0. The minimum atomic E-state index is -0.767. The molecule has 0 bridgehead atoms. The lowest BCUT2D eigenvalue weighted by Crippen LogP contribution is -2.33. The van der Waals surface area contributed by atoms with Crippen molar-refractivity contribution in [2.45, 2.75) is 32.2 Å². The van der Waals surface area contributed by atoms with Gasteiger partial charge in [-0.15, -0.1) is 0 Å². The summed E-state index contributed by atoms with van der Waals surface area (Å²) < 4.78 is 0.938. The second-order valence-electron chi connectivity index (χ2n) is 4.98. The van der Waals surface area contributed by atoms with E-state index in [1.165, 1.54) is 0 Å². The third kappa shape index (κ3) is 3.35. The molecule has 0 aromatic heterocycles. The van der Waals surface area contributed by atoms with Gasteiger partial charge in [0.05, 0.1) is 5.92 Å². The fourth-order valence-corrected chi connectivity index (χ4v) is 2.96.